The van der Waals surface area contributed by atoms with Gasteiger partial charge in [0.2, 0.25) is 0 Å². The molecule has 1 aromatic carbocycles. The van der Waals surface area contributed by atoms with Gasteiger partial charge >= 0.3 is 6.36 Å². The first-order chi connectivity index (χ1) is 8.98. The van der Waals surface area contributed by atoms with Gasteiger partial charge in [0.05, 0.1) is 5.69 Å². The average Bonchev–Trinajstić information content (AvgIpc) is 2.37. The average molecular weight is 265 g/mol. The molecule has 98 valence electrons. The lowest BCUT2D eigenvalue weighted by Gasteiger charge is -2.10. The smallest absolute Gasteiger partial charge is 0.406 e. The Morgan fingerprint density at radius 2 is 1.89 bits per heavy atom. The molecule has 0 aliphatic rings. The summed E-state index contributed by atoms with van der Waals surface area (Å²) in [7, 11) is 0. The summed E-state index contributed by atoms with van der Waals surface area (Å²) >= 11 is 0. The Morgan fingerprint density at radius 1 is 1.11 bits per heavy atom. The summed E-state index contributed by atoms with van der Waals surface area (Å²) in [5.74, 6) is -0.252. The molecule has 0 bridgehead atoms. The zero-order valence-corrected chi connectivity index (χ0v) is 9.82. The van der Waals surface area contributed by atoms with Crippen molar-refractivity contribution >= 4 is 6.08 Å². The van der Waals surface area contributed by atoms with E-state index in [-0.39, 0.29) is 5.75 Å². The summed E-state index contributed by atoms with van der Waals surface area (Å²) in [6.45, 7) is 3.58. The third kappa shape index (κ3) is 3.58. The molecule has 2 nitrogen and oxygen atoms in total. The zero-order chi connectivity index (χ0) is 13.9. The number of pyridine rings is 1. The Morgan fingerprint density at radius 3 is 2.47 bits per heavy atom. The number of hydrogen-bond acceptors (Lipinski definition) is 2. The molecule has 1 aromatic heterocycles. The van der Waals surface area contributed by atoms with Crippen molar-refractivity contribution in [2.45, 2.75) is 6.36 Å². The maximum absolute atomic E-state index is 12.1. The van der Waals surface area contributed by atoms with Crippen LogP contribution in [0, 0.1) is 0 Å². The highest BCUT2D eigenvalue weighted by molar-refractivity contribution is 5.65. The molecule has 0 atom stereocenters. The van der Waals surface area contributed by atoms with Crippen LogP contribution in [0.5, 0.6) is 5.75 Å². The molecule has 0 unspecified atom stereocenters. The van der Waals surface area contributed by atoms with E-state index in [0.29, 0.717) is 16.8 Å². The largest absolute Gasteiger partial charge is 0.573 e. The Kier molecular flexibility index (Phi) is 3.55. The van der Waals surface area contributed by atoms with E-state index in [2.05, 4.69) is 16.3 Å². The molecule has 2 aromatic rings. The zero-order valence-electron chi connectivity index (χ0n) is 9.82. The van der Waals surface area contributed by atoms with Crippen LogP contribution in [0.1, 0.15) is 5.69 Å². The minimum atomic E-state index is -4.69. The second-order valence-electron chi connectivity index (χ2n) is 3.75. The molecule has 0 fully saturated rings. The maximum Gasteiger partial charge on any atom is 0.573 e. The van der Waals surface area contributed by atoms with E-state index in [4.69, 9.17) is 0 Å². The fourth-order valence-electron chi connectivity index (χ4n) is 1.57. The number of benzene rings is 1. The monoisotopic (exact) mass is 265 g/mol. The lowest BCUT2D eigenvalue weighted by molar-refractivity contribution is -0.274. The van der Waals surface area contributed by atoms with E-state index in [1.807, 2.05) is 0 Å². The van der Waals surface area contributed by atoms with Gasteiger partial charge in [0, 0.05) is 11.8 Å². The highest BCUT2D eigenvalue weighted by Crippen LogP contribution is 2.27. The molecule has 19 heavy (non-hydrogen) atoms. The van der Waals surface area contributed by atoms with Crippen molar-refractivity contribution in [3.63, 3.8) is 0 Å². The van der Waals surface area contributed by atoms with Gasteiger partial charge in [-0.05, 0) is 29.8 Å². The first-order valence-corrected chi connectivity index (χ1v) is 5.42. The molecule has 5 heteroatoms. The van der Waals surface area contributed by atoms with Crippen LogP contribution < -0.4 is 4.74 Å². The minimum Gasteiger partial charge on any atom is -0.406 e. The molecular weight excluding hydrogens is 255 g/mol. The first-order valence-electron chi connectivity index (χ1n) is 5.42. The van der Waals surface area contributed by atoms with Crippen LogP contribution >= 0.6 is 0 Å². The normalized spacial score (nSPS) is 11.1. The quantitative estimate of drug-likeness (QED) is 0.825. The van der Waals surface area contributed by atoms with Gasteiger partial charge in [-0.15, -0.1) is 13.2 Å². The number of rotatable bonds is 3. The molecular formula is C14H10F3NO. The molecule has 0 aliphatic carbocycles. The predicted octanol–water partition coefficient (Wildman–Crippen LogP) is 4.29. The summed E-state index contributed by atoms with van der Waals surface area (Å²) in [6, 6.07) is 9.25. The number of hydrogen-bond donors (Lipinski definition) is 0. The second-order valence-corrected chi connectivity index (χ2v) is 3.75. The van der Waals surface area contributed by atoms with Gasteiger partial charge in [0.15, 0.2) is 0 Å². The number of alkyl halides is 3. The summed E-state index contributed by atoms with van der Waals surface area (Å²) in [5.41, 5.74) is 2.01. The molecule has 2 rings (SSSR count). The fourth-order valence-corrected chi connectivity index (χ4v) is 1.57. The lowest BCUT2D eigenvalue weighted by atomic mass is 10.1. The Hall–Kier alpha value is -2.30. The lowest BCUT2D eigenvalue weighted by Crippen LogP contribution is -2.17. The van der Waals surface area contributed by atoms with Crippen LogP contribution in [0.15, 0.2) is 49.2 Å². The van der Waals surface area contributed by atoms with Crippen LogP contribution in [0.25, 0.3) is 17.2 Å². The molecule has 0 N–H and O–H groups in total. The number of aromatic nitrogens is 1. The van der Waals surface area contributed by atoms with Crippen molar-refractivity contribution in [2.24, 2.45) is 0 Å². The Labute approximate surface area is 108 Å². The van der Waals surface area contributed by atoms with E-state index >= 15 is 0 Å². The minimum absolute atomic E-state index is 0.252. The molecule has 0 saturated heterocycles. The van der Waals surface area contributed by atoms with Crippen molar-refractivity contribution < 1.29 is 17.9 Å². The third-order valence-electron chi connectivity index (χ3n) is 2.40. The van der Waals surface area contributed by atoms with Crippen molar-refractivity contribution in [2.75, 3.05) is 0 Å². The van der Waals surface area contributed by atoms with E-state index in [0.717, 1.165) is 0 Å². The number of ether oxygens (including phenoxy) is 1. The van der Waals surface area contributed by atoms with Crippen LogP contribution in [-0.4, -0.2) is 11.3 Å². The SMILES string of the molecule is C=Cc1ccc(-c2cccc(OC(F)(F)F)c2)cn1. The van der Waals surface area contributed by atoms with Crippen molar-refractivity contribution in [3.05, 3.63) is 54.9 Å². The number of halogens is 3. The Balaban J connectivity index is 2.29. The van der Waals surface area contributed by atoms with Gasteiger partial charge in [-0.25, -0.2) is 0 Å². The summed E-state index contributed by atoms with van der Waals surface area (Å²) in [6.07, 6.45) is -1.53. The molecule has 0 aliphatic heterocycles. The maximum atomic E-state index is 12.1. The van der Waals surface area contributed by atoms with Crippen molar-refractivity contribution in [1.29, 1.82) is 0 Å². The molecule has 0 spiro atoms. The van der Waals surface area contributed by atoms with Crippen LogP contribution in [-0.2, 0) is 0 Å². The van der Waals surface area contributed by atoms with Gasteiger partial charge < -0.3 is 4.74 Å². The van der Waals surface area contributed by atoms with E-state index in [9.17, 15) is 13.2 Å². The molecule has 0 amide bonds. The highest BCUT2D eigenvalue weighted by Gasteiger charge is 2.31. The van der Waals surface area contributed by atoms with Gasteiger partial charge in [-0.2, -0.15) is 0 Å². The second kappa shape index (κ2) is 5.14. The topological polar surface area (TPSA) is 22.1 Å². The summed E-state index contributed by atoms with van der Waals surface area (Å²) in [4.78, 5) is 4.10. The standard InChI is InChI=1S/C14H10F3NO/c1-2-12-7-6-11(9-18-12)10-4-3-5-13(8-10)19-14(15,16)17/h2-9H,1H2. The van der Waals surface area contributed by atoms with Gasteiger partial charge in [-0.1, -0.05) is 24.8 Å². The van der Waals surface area contributed by atoms with Crippen molar-refractivity contribution in [1.82, 2.24) is 4.98 Å². The van der Waals surface area contributed by atoms with Gasteiger partial charge in [0.25, 0.3) is 0 Å². The summed E-state index contributed by atoms with van der Waals surface area (Å²) < 4.78 is 40.3. The Bertz CT molecular complexity index is 576. The first kappa shape index (κ1) is 13.1. The highest BCUT2D eigenvalue weighted by atomic mass is 19.4. The third-order valence-corrected chi connectivity index (χ3v) is 2.40. The van der Waals surface area contributed by atoms with Crippen LogP contribution in [0.4, 0.5) is 13.2 Å². The van der Waals surface area contributed by atoms with E-state index < -0.39 is 6.36 Å². The predicted molar refractivity (Wildman–Crippen MR) is 66.4 cm³/mol. The van der Waals surface area contributed by atoms with Crippen LogP contribution in [0.2, 0.25) is 0 Å². The molecule has 1 heterocycles. The number of nitrogens with zero attached hydrogens (tertiary/aromatic N) is 1. The molecule has 0 saturated carbocycles. The van der Waals surface area contributed by atoms with Crippen molar-refractivity contribution in [3.8, 4) is 16.9 Å². The van der Waals surface area contributed by atoms with Gasteiger partial charge in [-0.3, -0.25) is 4.98 Å². The fraction of sp³-hybridized carbons (Fsp3) is 0.0714. The van der Waals surface area contributed by atoms with E-state index in [1.54, 1.807) is 30.5 Å². The van der Waals surface area contributed by atoms with E-state index in [1.165, 1.54) is 18.2 Å². The molecule has 0 radical (unpaired) electrons. The van der Waals surface area contributed by atoms with Crippen LogP contribution in [0.3, 0.4) is 0 Å². The summed E-state index contributed by atoms with van der Waals surface area (Å²) in [5, 5.41) is 0. The van der Waals surface area contributed by atoms with Gasteiger partial charge in [0.1, 0.15) is 5.75 Å².